The molecule has 0 saturated heterocycles. The number of carbonyl (C=O) groups is 1. The Bertz CT molecular complexity index is 772. The maximum Gasteiger partial charge on any atom is 0.328 e. The molecule has 0 radical (unpaired) electrons. The lowest BCUT2D eigenvalue weighted by Gasteiger charge is -2.22. The predicted octanol–water partition coefficient (Wildman–Crippen LogP) is 2.67. The van der Waals surface area contributed by atoms with Crippen LogP contribution in [-0.4, -0.2) is 28.8 Å². The van der Waals surface area contributed by atoms with Crippen LogP contribution in [-0.2, 0) is 16.1 Å². The van der Waals surface area contributed by atoms with Crippen molar-refractivity contribution in [2.75, 3.05) is 12.4 Å². The van der Waals surface area contributed by atoms with E-state index in [4.69, 9.17) is 15.2 Å². The van der Waals surface area contributed by atoms with Crippen molar-refractivity contribution in [3.05, 3.63) is 47.5 Å². The molecule has 0 amide bonds. The van der Waals surface area contributed by atoms with Crippen molar-refractivity contribution >= 4 is 17.5 Å². The van der Waals surface area contributed by atoms with Gasteiger partial charge in [0, 0.05) is 17.3 Å². The summed E-state index contributed by atoms with van der Waals surface area (Å²) in [4.78, 5) is 16.5. The molecule has 7 heteroatoms. The highest BCUT2D eigenvalue weighted by molar-refractivity contribution is 5.78. The number of aliphatic hydroxyl groups excluding tert-OH is 1. The van der Waals surface area contributed by atoms with Crippen LogP contribution < -0.4 is 15.8 Å². The highest BCUT2D eigenvalue weighted by atomic mass is 16.6. The van der Waals surface area contributed by atoms with Gasteiger partial charge in [-0.15, -0.1) is 0 Å². The Kier molecular flexibility index (Phi) is 6.18. The van der Waals surface area contributed by atoms with Crippen LogP contribution in [0.4, 0.5) is 11.5 Å². The third kappa shape index (κ3) is 5.18. The minimum absolute atomic E-state index is 0.170. The number of methoxy groups -OCH3 is 1. The van der Waals surface area contributed by atoms with Crippen LogP contribution >= 0.6 is 0 Å². The molecule has 0 aliphatic heterocycles. The summed E-state index contributed by atoms with van der Waals surface area (Å²) in [7, 11) is 1.52. The van der Waals surface area contributed by atoms with Crippen molar-refractivity contribution in [1.82, 2.24) is 4.98 Å². The van der Waals surface area contributed by atoms with E-state index in [1.165, 1.54) is 7.11 Å². The number of nitrogens with two attached hydrogens (primary N) is 1. The van der Waals surface area contributed by atoms with Crippen molar-refractivity contribution in [1.29, 1.82) is 0 Å². The topological polar surface area (TPSA) is 107 Å². The summed E-state index contributed by atoms with van der Waals surface area (Å²) in [5, 5.41) is 12.6. The molecular weight excluding hydrogens is 334 g/mol. The average molecular weight is 359 g/mol. The van der Waals surface area contributed by atoms with Gasteiger partial charge in [-0.05, 0) is 44.5 Å². The van der Waals surface area contributed by atoms with Crippen molar-refractivity contribution in [2.45, 2.75) is 39.0 Å². The van der Waals surface area contributed by atoms with Gasteiger partial charge in [0.1, 0.15) is 17.5 Å². The lowest BCUT2D eigenvalue weighted by atomic mass is 10.1. The number of hydrogen-bond donors (Lipinski definition) is 3. The normalized spacial score (nSPS) is 12.4. The van der Waals surface area contributed by atoms with Crippen molar-refractivity contribution in [3.8, 4) is 5.88 Å². The SMILES string of the molecule is COc1ccc(CO)c(Nc2cccc(C(N)C(=O)OC(C)(C)C)c2)n1. The van der Waals surface area contributed by atoms with Crippen LogP contribution in [0.25, 0.3) is 0 Å². The van der Waals surface area contributed by atoms with Gasteiger partial charge >= 0.3 is 5.97 Å². The fourth-order valence-corrected chi connectivity index (χ4v) is 2.27. The van der Waals surface area contributed by atoms with Crippen molar-refractivity contribution in [3.63, 3.8) is 0 Å². The number of carbonyl (C=O) groups excluding carboxylic acids is 1. The summed E-state index contributed by atoms with van der Waals surface area (Å²) >= 11 is 0. The highest BCUT2D eigenvalue weighted by Gasteiger charge is 2.23. The smallest absolute Gasteiger partial charge is 0.328 e. The fourth-order valence-electron chi connectivity index (χ4n) is 2.27. The summed E-state index contributed by atoms with van der Waals surface area (Å²) in [5.74, 6) is 0.395. The summed E-state index contributed by atoms with van der Waals surface area (Å²) in [6, 6.07) is 9.60. The van der Waals surface area contributed by atoms with Crippen LogP contribution in [0.1, 0.15) is 37.9 Å². The van der Waals surface area contributed by atoms with Gasteiger partial charge in [-0.1, -0.05) is 12.1 Å². The first-order valence-electron chi connectivity index (χ1n) is 8.23. The number of esters is 1. The van der Waals surface area contributed by atoms with Gasteiger partial charge in [0.15, 0.2) is 0 Å². The lowest BCUT2D eigenvalue weighted by molar-refractivity contribution is -0.156. The van der Waals surface area contributed by atoms with Gasteiger partial charge in [0.05, 0.1) is 13.7 Å². The zero-order valence-corrected chi connectivity index (χ0v) is 15.4. The number of nitrogens with zero attached hydrogens (tertiary/aromatic N) is 1. The number of ether oxygens (including phenoxy) is 2. The Morgan fingerprint density at radius 1 is 1.31 bits per heavy atom. The molecule has 0 spiro atoms. The molecule has 1 aromatic heterocycles. The number of aromatic nitrogens is 1. The van der Waals surface area contributed by atoms with Gasteiger partial charge in [0.25, 0.3) is 0 Å². The van der Waals surface area contributed by atoms with E-state index in [2.05, 4.69) is 10.3 Å². The number of nitrogens with one attached hydrogen (secondary N) is 1. The number of anilines is 2. The molecule has 0 bridgehead atoms. The van der Waals surface area contributed by atoms with Gasteiger partial charge in [-0.2, -0.15) is 4.98 Å². The van der Waals surface area contributed by atoms with E-state index < -0.39 is 17.6 Å². The molecule has 26 heavy (non-hydrogen) atoms. The van der Waals surface area contributed by atoms with Crippen molar-refractivity contribution < 1.29 is 19.4 Å². The summed E-state index contributed by atoms with van der Waals surface area (Å²) < 4.78 is 10.5. The zero-order valence-electron chi connectivity index (χ0n) is 15.4. The molecule has 1 atom stereocenters. The first kappa shape index (κ1) is 19.7. The minimum atomic E-state index is -0.897. The van der Waals surface area contributed by atoms with E-state index in [1.54, 1.807) is 51.1 Å². The van der Waals surface area contributed by atoms with E-state index in [0.717, 1.165) is 0 Å². The summed E-state index contributed by atoms with van der Waals surface area (Å²) in [6.45, 7) is 5.21. The highest BCUT2D eigenvalue weighted by Crippen LogP contribution is 2.25. The van der Waals surface area contributed by atoms with E-state index in [0.29, 0.717) is 28.5 Å². The Hall–Kier alpha value is -2.64. The van der Waals surface area contributed by atoms with E-state index in [-0.39, 0.29) is 6.61 Å². The van der Waals surface area contributed by atoms with Crippen LogP contribution in [0, 0.1) is 0 Å². The molecule has 1 aromatic carbocycles. The van der Waals surface area contributed by atoms with Crippen molar-refractivity contribution in [2.24, 2.45) is 5.73 Å². The quantitative estimate of drug-likeness (QED) is 0.681. The maximum atomic E-state index is 12.2. The monoisotopic (exact) mass is 359 g/mol. The van der Waals surface area contributed by atoms with E-state index >= 15 is 0 Å². The zero-order chi connectivity index (χ0) is 19.3. The number of hydrogen-bond acceptors (Lipinski definition) is 7. The van der Waals surface area contributed by atoms with Crippen LogP contribution in [0.15, 0.2) is 36.4 Å². The third-order valence-corrected chi connectivity index (χ3v) is 3.50. The number of aliphatic hydroxyl groups is 1. The van der Waals surface area contributed by atoms with Gasteiger partial charge in [0.2, 0.25) is 5.88 Å². The molecule has 1 unspecified atom stereocenters. The minimum Gasteiger partial charge on any atom is -0.481 e. The maximum absolute atomic E-state index is 12.2. The van der Waals surface area contributed by atoms with Gasteiger partial charge < -0.3 is 25.6 Å². The largest absolute Gasteiger partial charge is 0.481 e. The van der Waals surface area contributed by atoms with E-state index in [1.807, 2.05) is 6.07 Å². The molecule has 0 fully saturated rings. The number of rotatable bonds is 6. The first-order chi connectivity index (χ1) is 12.2. The molecule has 2 aromatic rings. The Morgan fingerprint density at radius 2 is 2.04 bits per heavy atom. The summed E-state index contributed by atoms with van der Waals surface area (Å²) in [5.41, 5.74) is 7.33. The molecule has 140 valence electrons. The molecule has 1 heterocycles. The molecule has 7 nitrogen and oxygen atoms in total. The standard InChI is InChI=1S/C19H25N3O4/c1-19(2,3)26-18(24)16(20)12-6-5-7-14(10-12)21-17-13(11-23)8-9-15(22-17)25-4/h5-10,16,23H,11,20H2,1-4H3,(H,21,22). The predicted molar refractivity (Wildman–Crippen MR) is 99.2 cm³/mol. The van der Waals surface area contributed by atoms with Gasteiger partial charge in [-0.3, -0.25) is 0 Å². The molecule has 0 saturated carbocycles. The average Bonchev–Trinajstić information content (AvgIpc) is 2.59. The molecule has 0 aliphatic carbocycles. The second-order valence-electron chi connectivity index (χ2n) is 6.78. The third-order valence-electron chi connectivity index (χ3n) is 3.50. The van der Waals surface area contributed by atoms with Crippen LogP contribution in [0.5, 0.6) is 5.88 Å². The van der Waals surface area contributed by atoms with Crippen LogP contribution in [0.3, 0.4) is 0 Å². The molecular formula is C19H25N3O4. The Balaban J connectivity index is 2.23. The molecule has 2 rings (SSSR count). The fraction of sp³-hybridized carbons (Fsp3) is 0.368. The summed E-state index contributed by atoms with van der Waals surface area (Å²) in [6.07, 6.45) is 0. The first-order valence-corrected chi connectivity index (χ1v) is 8.23. The molecule has 0 aliphatic rings. The molecule has 4 N–H and O–H groups in total. The number of pyridine rings is 1. The second kappa shape index (κ2) is 8.16. The van der Waals surface area contributed by atoms with Gasteiger partial charge in [-0.25, -0.2) is 4.79 Å². The Morgan fingerprint density at radius 3 is 2.65 bits per heavy atom. The Labute approximate surface area is 153 Å². The van der Waals surface area contributed by atoms with Crippen LogP contribution in [0.2, 0.25) is 0 Å². The number of benzene rings is 1. The van der Waals surface area contributed by atoms with E-state index in [9.17, 15) is 9.90 Å². The lowest BCUT2D eigenvalue weighted by Crippen LogP contribution is -2.31. The second-order valence-corrected chi connectivity index (χ2v) is 6.78.